The number of rotatable bonds is 3. The number of amides is 1. The normalized spacial score (nSPS) is 21.4. The second-order valence-corrected chi connectivity index (χ2v) is 7.29. The van der Waals surface area contributed by atoms with Crippen LogP contribution in [-0.2, 0) is 4.79 Å². The highest BCUT2D eigenvalue weighted by molar-refractivity contribution is 8.01. The predicted octanol–water partition coefficient (Wildman–Crippen LogP) is 5.55. The van der Waals surface area contributed by atoms with Crippen molar-refractivity contribution in [2.75, 3.05) is 4.90 Å². The minimum Gasteiger partial charge on any atom is -0.295 e. The highest BCUT2D eigenvalue weighted by Gasteiger charge is 2.40. The Kier molecular flexibility index (Phi) is 4.67. The maximum absolute atomic E-state index is 12.7. The molecule has 3 rings (SSSR count). The molecule has 2 unspecified atom stereocenters. The Morgan fingerprint density at radius 1 is 1.09 bits per heavy atom. The lowest BCUT2D eigenvalue weighted by Gasteiger charge is -2.24. The zero-order valence-corrected chi connectivity index (χ0v) is 14.3. The van der Waals surface area contributed by atoms with Crippen LogP contribution in [0.25, 0.3) is 0 Å². The van der Waals surface area contributed by atoms with Crippen molar-refractivity contribution in [3.05, 3.63) is 64.1 Å². The van der Waals surface area contributed by atoms with E-state index in [9.17, 15) is 4.79 Å². The van der Waals surface area contributed by atoms with Gasteiger partial charge in [0.2, 0.25) is 5.91 Å². The van der Waals surface area contributed by atoms with E-state index in [2.05, 4.69) is 0 Å². The summed E-state index contributed by atoms with van der Waals surface area (Å²) in [5.74, 6) is 0.134. The van der Waals surface area contributed by atoms with Crippen LogP contribution in [0.5, 0.6) is 0 Å². The fourth-order valence-electron chi connectivity index (χ4n) is 2.56. The third kappa shape index (κ3) is 2.98. The number of carbonyl (C=O) groups excluding carboxylic acids is 1. The largest absolute Gasteiger partial charge is 0.295 e. The first-order valence-corrected chi connectivity index (χ1v) is 8.79. The third-order valence-corrected chi connectivity index (χ3v) is 5.74. The molecule has 0 aliphatic carbocycles. The lowest BCUT2D eigenvalue weighted by molar-refractivity contribution is -0.117. The molecule has 0 radical (unpaired) electrons. The van der Waals surface area contributed by atoms with Crippen LogP contribution in [0, 0.1) is 0 Å². The minimum atomic E-state index is -0.0480. The lowest BCUT2D eigenvalue weighted by Crippen LogP contribution is -2.30. The Balaban J connectivity index is 2.02. The topological polar surface area (TPSA) is 20.3 Å². The number of benzene rings is 2. The Hall–Kier alpha value is -1.16. The van der Waals surface area contributed by atoms with E-state index in [1.54, 1.807) is 11.8 Å². The number of hydrogen-bond acceptors (Lipinski definition) is 2. The molecule has 1 aliphatic heterocycles. The average molecular weight is 352 g/mol. The molecule has 0 bridgehead atoms. The van der Waals surface area contributed by atoms with Gasteiger partial charge in [-0.15, -0.1) is 11.8 Å². The number of hydrogen-bond donors (Lipinski definition) is 0. The van der Waals surface area contributed by atoms with Crippen molar-refractivity contribution >= 4 is 46.6 Å². The van der Waals surface area contributed by atoms with Gasteiger partial charge in [0.1, 0.15) is 5.37 Å². The van der Waals surface area contributed by atoms with Crippen molar-refractivity contribution in [3.63, 3.8) is 0 Å². The van der Waals surface area contributed by atoms with Crippen molar-refractivity contribution in [1.82, 2.24) is 0 Å². The molecule has 2 atom stereocenters. The van der Waals surface area contributed by atoms with E-state index in [4.69, 9.17) is 23.2 Å². The summed E-state index contributed by atoms with van der Waals surface area (Å²) in [5, 5.41) is 1.25. The second kappa shape index (κ2) is 6.53. The van der Waals surface area contributed by atoms with Gasteiger partial charge < -0.3 is 0 Å². The molecule has 5 heteroatoms. The molecule has 1 aliphatic rings. The first-order valence-electron chi connectivity index (χ1n) is 7.09. The first kappa shape index (κ1) is 15.7. The summed E-state index contributed by atoms with van der Waals surface area (Å²) in [4.78, 5) is 14.6. The molecule has 1 amide bonds. The van der Waals surface area contributed by atoms with Crippen molar-refractivity contribution in [3.8, 4) is 0 Å². The molecule has 2 aromatic carbocycles. The number of nitrogens with zero attached hydrogens (tertiary/aromatic N) is 1. The van der Waals surface area contributed by atoms with Gasteiger partial charge in [-0.05, 0) is 42.3 Å². The van der Waals surface area contributed by atoms with E-state index < -0.39 is 0 Å². The average Bonchev–Trinajstić information content (AvgIpc) is 2.85. The van der Waals surface area contributed by atoms with Crippen LogP contribution < -0.4 is 4.90 Å². The maximum atomic E-state index is 12.7. The van der Waals surface area contributed by atoms with Crippen molar-refractivity contribution in [1.29, 1.82) is 0 Å². The van der Waals surface area contributed by atoms with E-state index in [0.717, 1.165) is 17.7 Å². The summed E-state index contributed by atoms with van der Waals surface area (Å²) in [6, 6.07) is 15.1. The van der Waals surface area contributed by atoms with Crippen LogP contribution >= 0.6 is 35.0 Å². The van der Waals surface area contributed by atoms with Crippen LogP contribution in [0.2, 0.25) is 10.0 Å². The second-order valence-electron chi connectivity index (χ2n) is 5.12. The first-order chi connectivity index (χ1) is 10.6. The molecular formula is C17H15Cl2NOS. The zero-order chi connectivity index (χ0) is 15.7. The number of halogens is 2. The summed E-state index contributed by atoms with van der Waals surface area (Å²) < 4.78 is 0. The fourth-order valence-corrected chi connectivity index (χ4v) is 4.27. The van der Waals surface area contributed by atoms with Gasteiger partial charge in [0, 0.05) is 15.7 Å². The molecule has 1 heterocycles. The zero-order valence-electron chi connectivity index (χ0n) is 12.0. The smallest absolute Gasteiger partial charge is 0.241 e. The molecule has 1 saturated heterocycles. The Morgan fingerprint density at radius 2 is 1.82 bits per heavy atom. The molecule has 0 saturated carbocycles. The molecule has 114 valence electrons. The molecule has 2 nitrogen and oxygen atoms in total. The molecule has 22 heavy (non-hydrogen) atoms. The third-order valence-electron chi connectivity index (χ3n) is 3.65. The van der Waals surface area contributed by atoms with Crippen molar-refractivity contribution < 1.29 is 4.79 Å². The van der Waals surface area contributed by atoms with Gasteiger partial charge in [-0.1, -0.05) is 48.3 Å². The molecule has 0 spiro atoms. The quantitative estimate of drug-likeness (QED) is 0.722. The van der Waals surface area contributed by atoms with Gasteiger partial charge in [0.25, 0.3) is 0 Å². The van der Waals surface area contributed by atoms with Gasteiger partial charge in [-0.3, -0.25) is 9.69 Å². The lowest BCUT2D eigenvalue weighted by atomic mass is 10.1. The monoisotopic (exact) mass is 351 g/mol. The van der Waals surface area contributed by atoms with Crippen molar-refractivity contribution in [2.24, 2.45) is 0 Å². The predicted molar refractivity (Wildman–Crippen MR) is 94.8 cm³/mol. The summed E-state index contributed by atoms with van der Waals surface area (Å²) >= 11 is 13.7. The fraction of sp³-hybridized carbons (Fsp3) is 0.235. The number of thioether (sulfide) groups is 1. The highest BCUT2D eigenvalue weighted by atomic mass is 35.5. The maximum Gasteiger partial charge on any atom is 0.241 e. The number of carbonyl (C=O) groups is 1. The summed E-state index contributed by atoms with van der Waals surface area (Å²) in [5.41, 5.74) is 1.90. The molecule has 0 aromatic heterocycles. The van der Waals surface area contributed by atoms with Gasteiger partial charge >= 0.3 is 0 Å². The van der Waals surface area contributed by atoms with E-state index in [1.165, 1.54) is 0 Å². The van der Waals surface area contributed by atoms with Gasteiger partial charge in [0.15, 0.2) is 0 Å². The van der Waals surface area contributed by atoms with E-state index in [0.29, 0.717) is 10.0 Å². The van der Waals surface area contributed by atoms with Crippen LogP contribution in [0.4, 0.5) is 5.69 Å². The molecule has 1 fully saturated rings. The summed E-state index contributed by atoms with van der Waals surface area (Å²) in [6.45, 7) is 2.04. The molecule has 2 aromatic rings. The standard InChI is InChI=1S/C17H15Cl2NOS/c1-2-15-16(21)20(14-5-3-4-13(19)10-14)17(22-15)11-6-8-12(18)9-7-11/h3-10,15,17H,2H2,1H3. The van der Waals surface area contributed by atoms with E-state index in [-0.39, 0.29) is 16.5 Å². The van der Waals surface area contributed by atoms with Crippen LogP contribution in [0.3, 0.4) is 0 Å². The summed E-state index contributed by atoms with van der Waals surface area (Å²) in [6.07, 6.45) is 0.810. The summed E-state index contributed by atoms with van der Waals surface area (Å²) in [7, 11) is 0. The van der Waals surface area contributed by atoms with Crippen LogP contribution in [0.1, 0.15) is 24.3 Å². The highest BCUT2D eigenvalue weighted by Crippen LogP contribution is 2.46. The Bertz CT molecular complexity index is 689. The van der Waals surface area contributed by atoms with Gasteiger partial charge in [0.05, 0.1) is 5.25 Å². The Labute approximate surface area is 144 Å². The van der Waals surface area contributed by atoms with Gasteiger partial charge in [-0.2, -0.15) is 0 Å². The SMILES string of the molecule is CCC1SC(c2ccc(Cl)cc2)N(c2cccc(Cl)c2)C1=O. The van der Waals surface area contributed by atoms with E-state index >= 15 is 0 Å². The van der Waals surface area contributed by atoms with Crippen LogP contribution in [-0.4, -0.2) is 11.2 Å². The Morgan fingerprint density at radius 3 is 2.45 bits per heavy atom. The van der Waals surface area contributed by atoms with Crippen molar-refractivity contribution in [2.45, 2.75) is 24.0 Å². The minimum absolute atomic E-state index is 0.0281. The number of anilines is 1. The van der Waals surface area contributed by atoms with E-state index in [1.807, 2.05) is 60.4 Å². The molecule has 0 N–H and O–H groups in total. The molecular weight excluding hydrogens is 337 g/mol. The van der Waals surface area contributed by atoms with Gasteiger partial charge in [-0.25, -0.2) is 0 Å². The van der Waals surface area contributed by atoms with Crippen LogP contribution in [0.15, 0.2) is 48.5 Å².